The molecule has 0 amide bonds. The molecule has 0 aromatic heterocycles. The van der Waals surface area contributed by atoms with Crippen molar-refractivity contribution in [2.45, 2.75) is 11.1 Å². The van der Waals surface area contributed by atoms with Crippen LogP contribution in [0.3, 0.4) is 0 Å². The molecule has 18 heavy (non-hydrogen) atoms. The maximum absolute atomic E-state index is 12.7. The molecular formula is C7H2Cl2F3NO4S. The smallest absolute Gasteiger partial charge is 0.258 e. The number of nitro groups is 1. The standard InChI is InChI=1S/C7H2Cl2F3NO4S/c8-3-1-4(13(14)15)6(7(10,11)12)5(2-3)18(9,16)17/h1-2H. The fraction of sp³-hybridized carbons (Fsp3) is 0.143. The minimum atomic E-state index is -5.26. The fourth-order valence-corrected chi connectivity index (χ4v) is 2.56. The van der Waals surface area contributed by atoms with Crippen LogP contribution in [0.4, 0.5) is 18.9 Å². The lowest BCUT2D eigenvalue weighted by atomic mass is 10.1. The summed E-state index contributed by atoms with van der Waals surface area (Å²) in [5, 5.41) is 9.96. The first-order chi connectivity index (χ1) is 7.94. The highest BCUT2D eigenvalue weighted by atomic mass is 35.7. The van der Waals surface area contributed by atoms with E-state index in [1.54, 1.807) is 0 Å². The normalized spacial score (nSPS) is 12.5. The number of hydrogen-bond acceptors (Lipinski definition) is 4. The van der Waals surface area contributed by atoms with Crippen LogP contribution in [0.1, 0.15) is 5.56 Å². The third-order valence-corrected chi connectivity index (χ3v) is 3.35. The fourth-order valence-electron chi connectivity index (χ4n) is 1.19. The van der Waals surface area contributed by atoms with E-state index in [-0.39, 0.29) is 0 Å². The zero-order valence-electron chi connectivity index (χ0n) is 8.03. The molecule has 1 rings (SSSR count). The molecule has 0 aliphatic rings. The molecular weight excluding hydrogens is 322 g/mol. The molecule has 0 aliphatic heterocycles. The van der Waals surface area contributed by atoms with Crippen LogP contribution >= 0.6 is 22.3 Å². The monoisotopic (exact) mass is 323 g/mol. The average molecular weight is 324 g/mol. The molecule has 0 saturated carbocycles. The van der Waals surface area contributed by atoms with Crippen LogP contribution in [0.15, 0.2) is 17.0 Å². The minimum absolute atomic E-state index is 0.399. The molecule has 0 atom stereocenters. The largest absolute Gasteiger partial charge is 0.424 e. The van der Waals surface area contributed by atoms with Crippen molar-refractivity contribution in [3.8, 4) is 0 Å². The molecule has 0 aliphatic carbocycles. The van der Waals surface area contributed by atoms with Crippen LogP contribution in [0.25, 0.3) is 0 Å². The summed E-state index contributed by atoms with van der Waals surface area (Å²) in [6.45, 7) is 0. The van der Waals surface area contributed by atoms with Crippen LogP contribution in [-0.4, -0.2) is 13.3 Å². The Hall–Kier alpha value is -1.06. The van der Waals surface area contributed by atoms with Crippen molar-refractivity contribution in [1.82, 2.24) is 0 Å². The Kier molecular flexibility index (Phi) is 3.80. The Morgan fingerprint density at radius 3 is 2.11 bits per heavy atom. The van der Waals surface area contributed by atoms with Gasteiger partial charge in [-0.2, -0.15) is 13.2 Å². The summed E-state index contributed by atoms with van der Waals surface area (Å²) in [6, 6.07) is 0.801. The summed E-state index contributed by atoms with van der Waals surface area (Å²) in [5.41, 5.74) is -3.43. The number of nitrogens with zero attached hydrogens (tertiary/aromatic N) is 1. The van der Waals surface area contributed by atoms with Crippen molar-refractivity contribution in [3.63, 3.8) is 0 Å². The highest BCUT2D eigenvalue weighted by Crippen LogP contribution is 2.42. The zero-order valence-corrected chi connectivity index (χ0v) is 10.4. The number of halogens is 5. The topological polar surface area (TPSA) is 77.3 Å². The second kappa shape index (κ2) is 4.56. The maximum atomic E-state index is 12.7. The Balaban J connectivity index is 3.88. The second-order valence-electron chi connectivity index (χ2n) is 2.99. The summed E-state index contributed by atoms with van der Waals surface area (Å²) >= 11 is 5.33. The van der Waals surface area contributed by atoms with Crippen molar-refractivity contribution < 1.29 is 26.5 Å². The van der Waals surface area contributed by atoms with Crippen molar-refractivity contribution >= 4 is 37.0 Å². The molecule has 0 spiro atoms. The molecule has 0 heterocycles. The molecule has 5 nitrogen and oxygen atoms in total. The Labute approximate surface area is 108 Å². The van der Waals surface area contributed by atoms with Gasteiger partial charge in [0.1, 0.15) is 4.90 Å². The molecule has 0 unspecified atom stereocenters. The second-order valence-corrected chi connectivity index (χ2v) is 5.96. The molecule has 0 radical (unpaired) electrons. The van der Waals surface area contributed by atoms with Crippen molar-refractivity contribution in [2.24, 2.45) is 0 Å². The Bertz CT molecular complexity index is 614. The van der Waals surface area contributed by atoms with Crippen LogP contribution in [0.5, 0.6) is 0 Å². The number of benzene rings is 1. The molecule has 0 bridgehead atoms. The number of rotatable bonds is 2. The van der Waals surface area contributed by atoms with Gasteiger partial charge >= 0.3 is 6.18 Å². The molecule has 1 aromatic rings. The summed E-state index contributed by atoms with van der Waals surface area (Å²) in [4.78, 5) is 7.67. The van der Waals surface area contributed by atoms with E-state index in [2.05, 4.69) is 0 Å². The number of hydrogen-bond donors (Lipinski definition) is 0. The van der Waals surface area contributed by atoms with Gasteiger partial charge in [0.2, 0.25) is 0 Å². The van der Waals surface area contributed by atoms with Gasteiger partial charge in [-0.05, 0) is 6.07 Å². The van der Waals surface area contributed by atoms with E-state index < -0.39 is 41.3 Å². The Morgan fingerprint density at radius 2 is 1.78 bits per heavy atom. The van der Waals surface area contributed by atoms with Gasteiger partial charge in [0.15, 0.2) is 5.56 Å². The molecule has 100 valence electrons. The van der Waals surface area contributed by atoms with E-state index >= 15 is 0 Å². The van der Waals surface area contributed by atoms with E-state index in [1.165, 1.54) is 0 Å². The van der Waals surface area contributed by atoms with E-state index in [0.29, 0.717) is 12.1 Å². The van der Waals surface area contributed by atoms with Crippen LogP contribution in [0, 0.1) is 10.1 Å². The third kappa shape index (κ3) is 3.03. The van der Waals surface area contributed by atoms with Gasteiger partial charge in [-0.15, -0.1) is 0 Å². The molecule has 0 saturated heterocycles. The van der Waals surface area contributed by atoms with Gasteiger partial charge in [-0.25, -0.2) is 8.42 Å². The van der Waals surface area contributed by atoms with E-state index in [1.807, 2.05) is 0 Å². The van der Waals surface area contributed by atoms with Gasteiger partial charge in [0, 0.05) is 21.8 Å². The maximum Gasteiger partial charge on any atom is 0.424 e. The zero-order chi connectivity index (χ0) is 14.3. The summed E-state index contributed by atoms with van der Waals surface area (Å²) in [5.74, 6) is 0. The summed E-state index contributed by atoms with van der Waals surface area (Å²) in [7, 11) is -0.0224. The highest BCUT2D eigenvalue weighted by molar-refractivity contribution is 8.13. The van der Waals surface area contributed by atoms with Crippen LogP contribution in [0.2, 0.25) is 5.02 Å². The quantitative estimate of drug-likeness (QED) is 0.475. The predicted molar refractivity (Wildman–Crippen MR) is 56.1 cm³/mol. The molecule has 0 N–H and O–H groups in total. The van der Waals surface area contributed by atoms with Crippen LogP contribution in [-0.2, 0) is 15.2 Å². The van der Waals surface area contributed by atoms with Gasteiger partial charge < -0.3 is 0 Å². The lowest BCUT2D eigenvalue weighted by Crippen LogP contribution is -2.14. The number of nitro benzene ring substituents is 1. The van der Waals surface area contributed by atoms with Gasteiger partial charge in [-0.1, -0.05) is 11.6 Å². The highest BCUT2D eigenvalue weighted by Gasteiger charge is 2.44. The first-order valence-corrected chi connectivity index (χ1v) is 6.63. The third-order valence-electron chi connectivity index (χ3n) is 1.79. The van der Waals surface area contributed by atoms with Gasteiger partial charge in [-0.3, -0.25) is 10.1 Å². The van der Waals surface area contributed by atoms with E-state index in [9.17, 15) is 31.7 Å². The number of alkyl halides is 3. The van der Waals surface area contributed by atoms with Crippen molar-refractivity contribution in [1.29, 1.82) is 0 Å². The summed E-state index contributed by atoms with van der Waals surface area (Å²) < 4.78 is 60.0. The molecule has 0 fully saturated rings. The lowest BCUT2D eigenvalue weighted by molar-refractivity contribution is -0.388. The van der Waals surface area contributed by atoms with Gasteiger partial charge in [0.25, 0.3) is 14.7 Å². The minimum Gasteiger partial charge on any atom is -0.258 e. The van der Waals surface area contributed by atoms with Gasteiger partial charge in [0.05, 0.1) is 4.92 Å². The SMILES string of the molecule is O=[N+]([O-])c1cc(Cl)cc(S(=O)(=O)Cl)c1C(F)(F)F. The van der Waals surface area contributed by atoms with Crippen LogP contribution < -0.4 is 0 Å². The first kappa shape index (κ1) is 15.0. The summed E-state index contributed by atoms with van der Waals surface area (Å²) in [6.07, 6.45) is -5.26. The van der Waals surface area contributed by atoms with E-state index in [4.69, 9.17) is 22.3 Å². The first-order valence-electron chi connectivity index (χ1n) is 3.94. The van der Waals surface area contributed by atoms with Crippen molar-refractivity contribution in [3.05, 3.63) is 32.8 Å². The Morgan fingerprint density at radius 1 is 1.28 bits per heavy atom. The molecule has 11 heteroatoms. The lowest BCUT2D eigenvalue weighted by Gasteiger charge is -2.11. The van der Waals surface area contributed by atoms with Crippen molar-refractivity contribution in [2.75, 3.05) is 0 Å². The molecule has 1 aromatic carbocycles. The average Bonchev–Trinajstić information content (AvgIpc) is 2.12. The van der Waals surface area contributed by atoms with E-state index in [0.717, 1.165) is 0 Å². The predicted octanol–water partition coefficient (Wildman–Crippen LogP) is 3.19.